The average Bonchev–Trinajstić information content (AvgIpc) is 2.39. The lowest BCUT2D eigenvalue weighted by Gasteiger charge is -2.42. The monoisotopic (exact) mass is 290 g/mol. The van der Waals surface area contributed by atoms with Gasteiger partial charge in [-0.25, -0.2) is 0 Å². The van der Waals surface area contributed by atoms with Crippen LogP contribution in [0.15, 0.2) is 24.5 Å². The highest BCUT2D eigenvalue weighted by Crippen LogP contribution is 2.38. The van der Waals surface area contributed by atoms with E-state index in [-0.39, 0.29) is 11.1 Å². The van der Waals surface area contributed by atoms with E-state index in [1.165, 1.54) is 24.8 Å². The summed E-state index contributed by atoms with van der Waals surface area (Å²) in [4.78, 5) is 4.05. The normalized spacial score (nSPS) is 17.5. The first-order valence-corrected chi connectivity index (χ1v) is 8.27. The number of aryl methyl sites for hydroxylation is 1. The molecule has 1 fully saturated rings. The number of aromatic nitrogens is 1. The summed E-state index contributed by atoms with van der Waals surface area (Å²) < 4.78 is 6.25. The molecule has 3 heteroatoms. The third kappa shape index (κ3) is 5.76. The van der Waals surface area contributed by atoms with E-state index in [2.05, 4.69) is 43.2 Å². The Morgan fingerprint density at radius 3 is 2.52 bits per heavy atom. The predicted octanol–water partition coefficient (Wildman–Crippen LogP) is 3.73. The topological polar surface area (TPSA) is 34.1 Å². The second-order valence-electron chi connectivity index (χ2n) is 7.27. The third-order valence-corrected chi connectivity index (χ3v) is 4.27. The molecule has 1 aromatic rings. The maximum Gasteiger partial charge on any atom is 0.0694 e. The van der Waals surface area contributed by atoms with Crippen molar-refractivity contribution < 1.29 is 4.74 Å². The van der Waals surface area contributed by atoms with E-state index >= 15 is 0 Å². The summed E-state index contributed by atoms with van der Waals surface area (Å²) in [5, 5.41) is 3.58. The zero-order valence-electron chi connectivity index (χ0n) is 13.8. The molecule has 0 bridgehead atoms. The van der Waals surface area contributed by atoms with Crippen molar-refractivity contribution in [3.05, 3.63) is 30.1 Å². The Morgan fingerprint density at radius 1 is 1.24 bits per heavy atom. The van der Waals surface area contributed by atoms with Crippen LogP contribution in [0.2, 0.25) is 0 Å². The SMILES string of the molecule is CC(C)(C)NCCC1(OCCCc2ccncc2)CCC1. The van der Waals surface area contributed by atoms with Gasteiger partial charge in [0.15, 0.2) is 0 Å². The van der Waals surface area contributed by atoms with Gasteiger partial charge in [-0.15, -0.1) is 0 Å². The van der Waals surface area contributed by atoms with E-state index in [9.17, 15) is 0 Å². The second kappa shape index (κ2) is 7.37. The first kappa shape index (κ1) is 16.4. The Kier molecular flexibility index (Phi) is 5.77. The van der Waals surface area contributed by atoms with E-state index in [4.69, 9.17) is 4.74 Å². The van der Waals surface area contributed by atoms with Gasteiger partial charge in [0.05, 0.1) is 5.60 Å². The van der Waals surface area contributed by atoms with Crippen molar-refractivity contribution in [2.45, 2.75) is 70.4 Å². The Morgan fingerprint density at radius 2 is 1.95 bits per heavy atom. The first-order chi connectivity index (χ1) is 9.99. The van der Waals surface area contributed by atoms with Crippen molar-refractivity contribution in [3.8, 4) is 0 Å². The summed E-state index contributed by atoms with van der Waals surface area (Å²) in [7, 11) is 0. The minimum absolute atomic E-state index is 0.163. The molecule has 0 unspecified atom stereocenters. The van der Waals surface area contributed by atoms with Crippen LogP contribution in [-0.2, 0) is 11.2 Å². The average molecular weight is 290 g/mol. The number of hydrogen-bond acceptors (Lipinski definition) is 3. The summed E-state index contributed by atoms with van der Waals surface area (Å²) in [6.07, 6.45) is 10.8. The minimum Gasteiger partial charge on any atom is -0.375 e. The zero-order chi connectivity index (χ0) is 15.2. The van der Waals surface area contributed by atoms with Crippen LogP contribution in [0, 0.1) is 0 Å². The van der Waals surface area contributed by atoms with Gasteiger partial charge >= 0.3 is 0 Å². The lowest BCUT2D eigenvalue weighted by molar-refractivity contribution is -0.105. The standard InChI is InChI=1S/C18H30N2O/c1-17(2,3)20-14-11-18(9-5-10-18)21-15-4-6-16-7-12-19-13-8-16/h7-8,12-13,20H,4-6,9-11,14-15H2,1-3H3. The Balaban J connectivity index is 1.65. The molecule has 1 aromatic heterocycles. The van der Waals surface area contributed by atoms with Crippen LogP contribution in [0.5, 0.6) is 0 Å². The van der Waals surface area contributed by atoms with E-state index in [0.29, 0.717) is 0 Å². The molecule has 1 saturated carbocycles. The van der Waals surface area contributed by atoms with Crippen LogP contribution in [0.1, 0.15) is 58.4 Å². The zero-order valence-corrected chi connectivity index (χ0v) is 13.8. The number of pyridine rings is 1. The molecule has 1 aliphatic rings. The van der Waals surface area contributed by atoms with E-state index < -0.39 is 0 Å². The van der Waals surface area contributed by atoms with E-state index in [1.807, 2.05) is 12.4 Å². The smallest absolute Gasteiger partial charge is 0.0694 e. The maximum atomic E-state index is 6.25. The first-order valence-electron chi connectivity index (χ1n) is 8.27. The van der Waals surface area contributed by atoms with Crippen LogP contribution in [0.3, 0.4) is 0 Å². The van der Waals surface area contributed by atoms with E-state index in [1.54, 1.807) is 0 Å². The summed E-state index contributed by atoms with van der Waals surface area (Å²) >= 11 is 0. The van der Waals surface area contributed by atoms with Gasteiger partial charge in [-0.3, -0.25) is 4.98 Å². The number of rotatable bonds is 8. The van der Waals surface area contributed by atoms with Crippen LogP contribution in [0.4, 0.5) is 0 Å². The number of ether oxygens (including phenoxy) is 1. The molecule has 0 amide bonds. The lowest BCUT2D eigenvalue weighted by atomic mass is 9.77. The molecule has 0 atom stereocenters. The van der Waals surface area contributed by atoms with Crippen LogP contribution >= 0.6 is 0 Å². The molecule has 0 radical (unpaired) electrons. The lowest BCUT2D eigenvalue weighted by Crippen LogP contribution is -2.45. The number of nitrogens with zero attached hydrogens (tertiary/aromatic N) is 1. The fourth-order valence-corrected chi connectivity index (χ4v) is 2.82. The van der Waals surface area contributed by atoms with Gasteiger partial charge in [0.2, 0.25) is 0 Å². The highest BCUT2D eigenvalue weighted by Gasteiger charge is 2.37. The molecule has 0 spiro atoms. The van der Waals surface area contributed by atoms with Gasteiger partial charge in [-0.1, -0.05) is 0 Å². The molecule has 0 aromatic carbocycles. The highest BCUT2D eigenvalue weighted by atomic mass is 16.5. The van der Waals surface area contributed by atoms with Crippen LogP contribution < -0.4 is 5.32 Å². The van der Waals surface area contributed by atoms with Crippen molar-refractivity contribution in [1.82, 2.24) is 10.3 Å². The molecule has 118 valence electrons. The van der Waals surface area contributed by atoms with Gasteiger partial charge in [0.25, 0.3) is 0 Å². The predicted molar refractivity (Wildman–Crippen MR) is 87.5 cm³/mol. The van der Waals surface area contributed by atoms with Gasteiger partial charge in [0.1, 0.15) is 0 Å². The van der Waals surface area contributed by atoms with Gasteiger partial charge in [-0.2, -0.15) is 0 Å². The molecular formula is C18H30N2O. The van der Waals surface area contributed by atoms with Crippen molar-refractivity contribution in [2.75, 3.05) is 13.2 Å². The summed E-state index contributed by atoms with van der Waals surface area (Å²) in [6.45, 7) is 8.58. The molecule has 1 heterocycles. The van der Waals surface area contributed by atoms with Crippen molar-refractivity contribution in [3.63, 3.8) is 0 Å². The minimum atomic E-state index is 0.163. The quantitative estimate of drug-likeness (QED) is 0.741. The summed E-state index contributed by atoms with van der Waals surface area (Å²) in [5.41, 5.74) is 1.72. The van der Waals surface area contributed by atoms with Crippen molar-refractivity contribution in [1.29, 1.82) is 0 Å². The number of hydrogen-bond donors (Lipinski definition) is 1. The molecule has 1 N–H and O–H groups in total. The molecule has 3 nitrogen and oxygen atoms in total. The van der Waals surface area contributed by atoms with Crippen molar-refractivity contribution >= 4 is 0 Å². The number of nitrogens with one attached hydrogen (secondary N) is 1. The third-order valence-electron chi connectivity index (χ3n) is 4.27. The maximum absolute atomic E-state index is 6.25. The Bertz CT molecular complexity index is 407. The van der Waals surface area contributed by atoms with E-state index in [0.717, 1.165) is 32.4 Å². The molecule has 0 aliphatic heterocycles. The molecule has 1 aliphatic carbocycles. The molecule has 21 heavy (non-hydrogen) atoms. The largest absolute Gasteiger partial charge is 0.375 e. The van der Waals surface area contributed by atoms with Gasteiger partial charge < -0.3 is 10.1 Å². The fourth-order valence-electron chi connectivity index (χ4n) is 2.82. The fraction of sp³-hybridized carbons (Fsp3) is 0.722. The van der Waals surface area contributed by atoms with Crippen LogP contribution in [0.25, 0.3) is 0 Å². The van der Waals surface area contributed by atoms with Gasteiger partial charge in [0, 0.05) is 24.5 Å². The van der Waals surface area contributed by atoms with Gasteiger partial charge in [-0.05, 0) is 83.5 Å². The van der Waals surface area contributed by atoms with Crippen LogP contribution in [-0.4, -0.2) is 29.3 Å². The second-order valence-corrected chi connectivity index (χ2v) is 7.27. The highest BCUT2D eigenvalue weighted by molar-refractivity contribution is 5.09. The van der Waals surface area contributed by atoms with Crippen molar-refractivity contribution in [2.24, 2.45) is 0 Å². The Labute approximate surface area is 129 Å². The Hall–Kier alpha value is -0.930. The molecule has 0 saturated heterocycles. The summed E-state index contributed by atoms with van der Waals surface area (Å²) in [5.74, 6) is 0. The molecular weight excluding hydrogens is 260 g/mol. The summed E-state index contributed by atoms with van der Waals surface area (Å²) in [6, 6.07) is 4.18. The molecule has 2 rings (SSSR count).